The molecule has 4 heteroatoms. The molecule has 16 heavy (non-hydrogen) atoms. The first-order valence-corrected chi connectivity index (χ1v) is 6.45. The predicted octanol–water partition coefficient (Wildman–Crippen LogP) is 0.994. The average molecular weight is 230 g/mol. The van der Waals surface area contributed by atoms with E-state index in [4.69, 9.17) is 5.11 Å². The summed E-state index contributed by atoms with van der Waals surface area (Å²) in [5.41, 5.74) is 0. The van der Waals surface area contributed by atoms with E-state index in [2.05, 4.69) is 5.32 Å². The van der Waals surface area contributed by atoms with Crippen LogP contribution in [0.3, 0.4) is 0 Å². The van der Waals surface area contributed by atoms with Gasteiger partial charge in [0.15, 0.2) is 0 Å². The van der Waals surface area contributed by atoms with Crippen molar-refractivity contribution in [3.63, 3.8) is 0 Å². The van der Waals surface area contributed by atoms with E-state index in [0.717, 1.165) is 25.9 Å². The van der Waals surface area contributed by atoms with Crippen LogP contribution in [0.4, 0.5) is 0 Å². The van der Waals surface area contributed by atoms with Crippen molar-refractivity contribution in [2.24, 2.45) is 0 Å². The molecule has 2 bridgehead atoms. The number of carbonyl (C=O) groups is 1. The van der Waals surface area contributed by atoms with Gasteiger partial charge in [0.05, 0.1) is 0 Å². The molecule has 0 radical (unpaired) electrons. The molecule has 2 N–H and O–H groups in total. The minimum absolute atomic E-state index is 0.107. The van der Waals surface area contributed by atoms with Crippen molar-refractivity contribution in [1.29, 1.82) is 0 Å². The third-order valence-corrected chi connectivity index (χ3v) is 2.80. The number of fused-ring (bicyclic) bond motifs is 2. The Morgan fingerprint density at radius 3 is 2.00 bits per heavy atom. The van der Waals surface area contributed by atoms with Crippen molar-refractivity contribution in [3.05, 3.63) is 0 Å². The first-order chi connectivity index (χ1) is 7.83. The second kappa shape index (κ2) is 8.53. The fourth-order valence-electron chi connectivity index (χ4n) is 2.27. The summed E-state index contributed by atoms with van der Waals surface area (Å²) in [5.74, 6) is -0.107. The van der Waals surface area contributed by atoms with Gasteiger partial charge in [0.2, 0.25) is 5.91 Å². The van der Waals surface area contributed by atoms with Crippen LogP contribution in [0.2, 0.25) is 0 Å². The molecule has 0 aromatic rings. The van der Waals surface area contributed by atoms with Gasteiger partial charge in [-0.3, -0.25) is 4.79 Å². The Morgan fingerprint density at radius 2 is 1.62 bits per heavy atom. The van der Waals surface area contributed by atoms with Gasteiger partial charge in [0.1, 0.15) is 6.61 Å². The lowest BCUT2D eigenvalue weighted by Crippen LogP contribution is -2.54. The molecular formula is C12H26N2O2. The Hall–Kier alpha value is -0.610. The van der Waals surface area contributed by atoms with Crippen LogP contribution in [-0.2, 0) is 4.79 Å². The molecule has 2 unspecified atom stereocenters. The first-order valence-electron chi connectivity index (χ1n) is 6.45. The van der Waals surface area contributed by atoms with E-state index in [1.807, 2.05) is 32.6 Å². The molecule has 1 amide bonds. The third kappa shape index (κ3) is 3.46. The fourth-order valence-corrected chi connectivity index (χ4v) is 2.27. The summed E-state index contributed by atoms with van der Waals surface area (Å²) in [4.78, 5) is 13.1. The number of nitrogens with one attached hydrogen (secondary N) is 1. The number of amides is 1. The molecule has 2 rings (SSSR count). The Bertz CT molecular complexity index is 181. The SMILES string of the molecule is CC.CC.O=C(CO)N1C2CCC1CNC2. The van der Waals surface area contributed by atoms with Crippen LogP contribution in [0.15, 0.2) is 0 Å². The van der Waals surface area contributed by atoms with Gasteiger partial charge in [-0.1, -0.05) is 27.7 Å². The second-order valence-electron chi connectivity index (χ2n) is 3.50. The molecule has 2 fully saturated rings. The largest absolute Gasteiger partial charge is 0.387 e. The third-order valence-electron chi connectivity index (χ3n) is 2.80. The molecule has 96 valence electrons. The van der Waals surface area contributed by atoms with Crippen LogP contribution >= 0.6 is 0 Å². The number of hydrogen-bond acceptors (Lipinski definition) is 3. The van der Waals surface area contributed by atoms with E-state index in [9.17, 15) is 4.79 Å². The maximum Gasteiger partial charge on any atom is 0.248 e. The Balaban J connectivity index is 0.000000509. The van der Waals surface area contributed by atoms with Gasteiger partial charge < -0.3 is 15.3 Å². The molecule has 0 saturated carbocycles. The zero-order chi connectivity index (χ0) is 12.6. The number of hydrogen-bond donors (Lipinski definition) is 2. The van der Waals surface area contributed by atoms with Crippen LogP contribution in [0, 0.1) is 0 Å². The molecule has 2 heterocycles. The number of nitrogens with zero attached hydrogens (tertiary/aromatic N) is 1. The van der Waals surface area contributed by atoms with Crippen LogP contribution in [0.1, 0.15) is 40.5 Å². The molecule has 2 aliphatic heterocycles. The first kappa shape index (κ1) is 15.4. The summed E-state index contributed by atoms with van der Waals surface area (Å²) in [6.45, 7) is 9.44. The highest BCUT2D eigenvalue weighted by atomic mass is 16.3. The fraction of sp³-hybridized carbons (Fsp3) is 0.917. The van der Waals surface area contributed by atoms with Gasteiger partial charge in [-0.25, -0.2) is 0 Å². The number of piperazine rings is 1. The minimum Gasteiger partial charge on any atom is -0.387 e. The highest BCUT2D eigenvalue weighted by Gasteiger charge is 2.38. The maximum absolute atomic E-state index is 11.3. The summed E-state index contributed by atoms with van der Waals surface area (Å²) >= 11 is 0. The van der Waals surface area contributed by atoms with Gasteiger partial charge in [0, 0.05) is 25.2 Å². The van der Waals surface area contributed by atoms with Crippen LogP contribution in [0.25, 0.3) is 0 Å². The van der Waals surface area contributed by atoms with Crippen LogP contribution in [0.5, 0.6) is 0 Å². The highest BCUT2D eigenvalue weighted by Crippen LogP contribution is 2.26. The van der Waals surface area contributed by atoms with E-state index >= 15 is 0 Å². The number of aliphatic hydroxyl groups is 1. The summed E-state index contributed by atoms with van der Waals surface area (Å²) in [6.07, 6.45) is 2.17. The number of aliphatic hydroxyl groups excluding tert-OH is 1. The summed E-state index contributed by atoms with van der Waals surface area (Å²) in [5, 5.41) is 12.0. The van der Waals surface area contributed by atoms with Crippen molar-refractivity contribution in [2.45, 2.75) is 52.6 Å². The van der Waals surface area contributed by atoms with Gasteiger partial charge >= 0.3 is 0 Å². The van der Waals surface area contributed by atoms with Crippen molar-refractivity contribution >= 4 is 5.91 Å². The molecule has 2 atom stereocenters. The van der Waals surface area contributed by atoms with Crippen molar-refractivity contribution < 1.29 is 9.90 Å². The molecule has 0 aliphatic carbocycles. The molecule has 4 nitrogen and oxygen atoms in total. The van der Waals surface area contributed by atoms with Gasteiger partial charge in [-0.15, -0.1) is 0 Å². The van der Waals surface area contributed by atoms with Gasteiger partial charge in [-0.05, 0) is 12.8 Å². The van der Waals surface area contributed by atoms with Crippen molar-refractivity contribution in [3.8, 4) is 0 Å². The zero-order valence-corrected chi connectivity index (χ0v) is 11.0. The predicted molar refractivity (Wildman–Crippen MR) is 66.3 cm³/mol. The van der Waals surface area contributed by atoms with Crippen LogP contribution in [-0.4, -0.2) is 47.7 Å². The zero-order valence-electron chi connectivity index (χ0n) is 11.0. The normalized spacial score (nSPS) is 26.2. The van der Waals surface area contributed by atoms with E-state index in [1.54, 1.807) is 0 Å². The van der Waals surface area contributed by atoms with E-state index in [0.29, 0.717) is 12.1 Å². The van der Waals surface area contributed by atoms with E-state index in [-0.39, 0.29) is 12.5 Å². The van der Waals surface area contributed by atoms with Gasteiger partial charge in [0.25, 0.3) is 0 Å². The Morgan fingerprint density at radius 1 is 1.19 bits per heavy atom. The van der Waals surface area contributed by atoms with Crippen molar-refractivity contribution in [1.82, 2.24) is 10.2 Å². The molecule has 2 aliphatic rings. The summed E-state index contributed by atoms with van der Waals surface area (Å²) in [6, 6.07) is 0.673. The molecule has 0 spiro atoms. The van der Waals surface area contributed by atoms with Crippen LogP contribution < -0.4 is 5.32 Å². The molecule has 2 saturated heterocycles. The lowest BCUT2D eigenvalue weighted by Gasteiger charge is -2.34. The molecular weight excluding hydrogens is 204 g/mol. The summed E-state index contributed by atoms with van der Waals surface area (Å²) in [7, 11) is 0. The second-order valence-corrected chi connectivity index (χ2v) is 3.50. The Labute approximate surface area is 99.0 Å². The van der Waals surface area contributed by atoms with E-state index in [1.165, 1.54) is 0 Å². The monoisotopic (exact) mass is 230 g/mol. The number of rotatable bonds is 1. The topological polar surface area (TPSA) is 52.6 Å². The smallest absolute Gasteiger partial charge is 0.248 e. The quantitative estimate of drug-likeness (QED) is 0.706. The standard InChI is InChI=1S/C8H14N2O2.2C2H6/c11-5-8(12)10-6-1-2-7(10)4-9-3-6;2*1-2/h6-7,9,11H,1-5H2;2*1-2H3. The van der Waals surface area contributed by atoms with E-state index < -0.39 is 0 Å². The van der Waals surface area contributed by atoms with Gasteiger partial charge in [-0.2, -0.15) is 0 Å². The average Bonchev–Trinajstić information content (AvgIpc) is 2.63. The highest BCUT2D eigenvalue weighted by molar-refractivity contribution is 5.78. The maximum atomic E-state index is 11.3. The van der Waals surface area contributed by atoms with Crippen molar-refractivity contribution in [2.75, 3.05) is 19.7 Å². The molecule has 0 aromatic carbocycles. The molecule has 0 aromatic heterocycles. The summed E-state index contributed by atoms with van der Waals surface area (Å²) < 4.78 is 0. The number of carbonyl (C=O) groups excluding carboxylic acids is 1. The Kier molecular flexibility index (Phi) is 8.21. The minimum atomic E-state index is -0.340. The lowest BCUT2D eigenvalue weighted by atomic mass is 10.2. The lowest BCUT2D eigenvalue weighted by molar-refractivity contribution is -0.138.